The minimum atomic E-state index is -0.865. The summed E-state index contributed by atoms with van der Waals surface area (Å²) in [6, 6.07) is 4.00. The third-order valence-electron chi connectivity index (χ3n) is 2.07. The maximum atomic E-state index is 12.8. The van der Waals surface area contributed by atoms with E-state index in [0.717, 1.165) is 6.42 Å². The highest BCUT2D eigenvalue weighted by molar-refractivity contribution is 8.00. The number of nitrogens with two attached hydrogens (primary N) is 1. The average Bonchev–Trinajstić information content (AvgIpc) is 2.20. The summed E-state index contributed by atoms with van der Waals surface area (Å²) in [5, 5.41) is 8.45. The van der Waals surface area contributed by atoms with Gasteiger partial charge in [0.1, 0.15) is 11.1 Å². The van der Waals surface area contributed by atoms with Crippen LogP contribution in [0.15, 0.2) is 23.1 Å². The molecular weight excluding hydrogens is 229 g/mol. The highest BCUT2D eigenvalue weighted by Crippen LogP contribution is 2.31. The molecule has 1 aromatic rings. The molecule has 0 aliphatic heterocycles. The fourth-order valence-corrected chi connectivity index (χ4v) is 2.38. The first-order chi connectivity index (χ1) is 7.54. The fraction of sp³-hybridized carbons (Fsp3) is 0.364. The molecule has 0 fully saturated rings. The van der Waals surface area contributed by atoms with Crippen LogP contribution in [-0.2, 0) is 4.79 Å². The Morgan fingerprint density at radius 3 is 2.81 bits per heavy atom. The predicted molar refractivity (Wildman–Crippen MR) is 63.0 cm³/mol. The lowest BCUT2D eigenvalue weighted by atomic mass is 10.2. The number of carboxylic acid groups (broad SMARTS) is 1. The standard InChI is InChI=1S/C11H14FNO2S/c1-2-3-10(11(14)15)16-9-5-4-7(12)6-8(9)13/h4-6,10H,2-3,13H2,1H3,(H,14,15). The van der Waals surface area contributed by atoms with Crippen LogP contribution < -0.4 is 5.73 Å². The number of nitrogen functional groups attached to an aromatic ring is 1. The van der Waals surface area contributed by atoms with Gasteiger partial charge in [-0.2, -0.15) is 0 Å². The van der Waals surface area contributed by atoms with Gasteiger partial charge in [-0.1, -0.05) is 13.3 Å². The first-order valence-electron chi connectivity index (χ1n) is 4.99. The molecule has 0 aromatic heterocycles. The lowest BCUT2D eigenvalue weighted by Crippen LogP contribution is -2.16. The number of carbonyl (C=O) groups is 1. The number of benzene rings is 1. The third-order valence-corrected chi connectivity index (χ3v) is 3.41. The number of hydrogen-bond acceptors (Lipinski definition) is 3. The van der Waals surface area contributed by atoms with Crippen molar-refractivity contribution in [3.8, 4) is 0 Å². The van der Waals surface area contributed by atoms with Gasteiger partial charge in [0.25, 0.3) is 0 Å². The third kappa shape index (κ3) is 3.41. The fourth-order valence-electron chi connectivity index (χ4n) is 1.27. The molecule has 0 saturated heterocycles. The van der Waals surface area contributed by atoms with Crippen molar-refractivity contribution in [1.29, 1.82) is 0 Å². The van der Waals surface area contributed by atoms with Crippen molar-refractivity contribution in [2.24, 2.45) is 0 Å². The lowest BCUT2D eigenvalue weighted by molar-refractivity contribution is -0.136. The second-order valence-electron chi connectivity index (χ2n) is 3.42. The van der Waals surface area contributed by atoms with E-state index < -0.39 is 17.0 Å². The summed E-state index contributed by atoms with van der Waals surface area (Å²) in [6.07, 6.45) is 1.35. The molecule has 0 bridgehead atoms. The SMILES string of the molecule is CCCC(Sc1ccc(F)cc1N)C(=O)O. The molecule has 1 atom stereocenters. The molecule has 0 spiro atoms. The molecule has 3 nitrogen and oxygen atoms in total. The minimum absolute atomic E-state index is 0.285. The molecule has 0 amide bonds. The predicted octanol–water partition coefficient (Wildman–Crippen LogP) is 2.75. The molecule has 1 rings (SSSR count). The zero-order valence-corrected chi connectivity index (χ0v) is 9.76. The minimum Gasteiger partial charge on any atom is -0.480 e. The number of halogens is 1. The Morgan fingerprint density at radius 2 is 2.31 bits per heavy atom. The maximum Gasteiger partial charge on any atom is 0.316 e. The van der Waals surface area contributed by atoms with E-state index in [1.807, 2.05) is 6.92 Å². The van der Waals surface area contributed by atoms with Crippen molar-refractivity contribution < 1.29 is 14.3 Å². The molecule has 16 heavy (non-hydrogen) atoms. The first kappa shape index (κ1) is 12.8. The van der Waals surface area contributed by atoms with E-state index in [1.54, 1.807) is 0 Å². The van der Waals surface area contributed by atoms with Gasteiger partial charge in [-0.3, -0.25) is 4.79 Å². The van der Waals surface area contributed by atoms with Gasteiger partial charge in [0.2, 0.25) is 0 Å². The molecular formula is C11H14FNO2S. The molecule has 0 aliphatic carbocycles. The van der Waals surface area contributed by atoms with Crippen molar-refractivity contribution >= 4 is 23.4 Å². The van der Waals surface area contributed by atoms with Crippen molar-refractivity contribution in [1.82, 2.24) is 0 Å². The highest BCUT2D eigenvalue weighted by Gasteiger charge is 2.18. The van der Waals surface area contributed by atoms with Gasteiger partial charge < -0.3 is 10.8 Å². The van der Waals surface area contributed by atoms with Gasteiger partial charge >= 0.3 is 5.97 Å². The van der Waals surface area contributed by atoms with Gasteiger partial charge in [-0.15, -0.1) is 11.8 Å². The number of thioether (sulfide) groups is 1. The summed E-state index contributed by atoms with van der Waals surface area (Å²) in [5.74, 6) is -1.28. The molecule has 1 aromatic carbocycles. The molecule has 0 radical (unpaired) electrons. The van der Waals surface area contributed by atoms with E-state index in [4.69, 9.17) is 10.8 Å². The zero-order valence-electron chi connectivity index (χ0n) is 8.94. The topological polar surface area (TPSA) is 63.3 Å². The van der Waals surface area contributed by atoms with Crippen LogP contribution in [0.5, 0.6) is 0 Å². The number of anilines is 1. The van der Waals surface area contributed by atoms with E-state index in [1.165, 1.54) is 30.0 Å². The van der Waals surface area contributed by atoms with Crippen LogP contribution in [0.4, 0.5) is 10.1 Å². The van der Waals surface area contributed by atoms with E-state index in [2.05, 4.69) is 0 Å². The quantitative estimate of drug-likeness (QED) is 0.616. The van der Waals surface area contributed by atoms with Gasteiger partial charge in [0.15, 0.2) is 0 Å². The molecule has 0 saturated carbocycles. The van der Waals surface area contributed by atoms with Gasteiger partial charge in [0.05, 0.1) is 0 Å². The Hall–Kier alpha value is -1.23. The van der Waals surface area contributed by atoms with Crippen molar-refractivity contribution in [3.63, 3.8) is 0 Å². The second-order valence-corrected chi connectivity index (χ2v) is 4.66. The van der Waals surface area contributed by atoms with Crippen LogP contribution in [-0.4, -0.2) is 16.3 Å². The maximum absolute atomic E-state index is 12.8. The Bertz CT molecular complexity index is 384. The Labute approximate surface area is 97.8 Å². The molecule has 0 heterocycles. The van der Waals surface area contributed by atoms with Crippen LogP contribution in [0.3, 0.4) is 0 Å². The summed E-state index contributed by atoms with van der Waals surface area (Å²) < 4.78 is 12.8. The van der Waals surface area contributed by atoms with Crippen LogP contribution in [0, 0.1) is 5.82 Å². The molecule has 1 unspecified atom stereocenters. The molecule has 5 heteroatoms. The van der Waals surface area contributed by atoms with Crippen molar-refractivity contribution in [3.05, 3.63) is 24.0 Å². The second kappa shape index (κ2) is 5.75. The Kier molecular flexibility index (Phi) is 4.61. The Morgan fingerprint density at radius 1 is 1.62 bits per heavy atom. The summed E-state index contributed by atoms with van der Waals surface area (Å²) >= 11 is 1.17. The van der Waals surface area contributed by atoms with E-state index in [0.29, 0.717) is 11.3 Å². The van der Waals surface area contributed by atoms with Crippen LogP contribution >= 0.6 is 11.8 Å². The van der Waals surface area contributed by atoms with Crippen molar-refractivity contribution in [2.75, 3.05) is 5.73 Å². The van der Waals surface area contributed by atoms with Gasteiger partial charge in [-0.25, -0.2) is 4.39 Å². The zero-order chi connectivity index (χ0) is 12.1. The van der Waals surface area contributed by atoms with Crippen LogP contribution in [0.2, 0.25) is 0 Å². The monoisotopic (exact) mass is 243 g/mol. The summed E-state index contributed by atoms with van der Waals surface area (Å²) in [6.45, 7) is 1.92. The Balaban J connectivity index is 2.81. The highest BCUT2D eigenvalue weighted by atomic mass is 32.2. The molecule has 3 N–H and O–H groups in total. The average molecular weight is 243 g/mol. The number of aliphatic carboxylic acids is 1. The lowest BCUT2D eigenvalue weighted by Gasteiger charge is -2.12. The largest absolute Gasteiger partial charge is 0.480 e. The molecule has 0 aliphatic rings. The van der Waals surface area contributed by atoms with E-state index in [-0.39, 0.29) is 5.69 Å². The summed E-state index contributed by atoms with van der Waals surface area (Å²) in [4.78, 5) is 11.5. The van der Waals surface area contributed by atoms with E-state index in [9.17, 15) is 9.18 Å². The summed E-state index contributed by atoms with van der Waals surface area (Å²) in [5.41, 5.74) is 5.90. The smallest absolute Gasteiger partial charge is 0.316 e. The van der Waals surface area contributed by atoms with Crippen LogP contribution in [0.1, 0.15) is 19.8 Å². The van der Waals surface area contributed by atoms with Crippen LogP contribution in [0.25, 0.3) is 0 Å². The van der Waals surface area contributed by atoms with Gasteiger partial charge in [0, 0.05) is 10.6 Å². The van der Waals surface area contributed by atoms with E-state index >= 15 is 0 Å². The number of carboxylic acids is 1. The number of rotatable bonds is 5. The normalized spacial score (nSPS) is 12.4. The summed E-state index contributed by atoms with van der Waals surface area (Å²) in [7, 11) is 0. The molecule has 88 valence electrons. The number of hydrogen-bond donors (Lipinski definition) is 2. The van der Waals surface area contributed by atoms with Crippen molar-refractivity contribution in [2.45, 2.75) is 29.9 Å². The van der Waals surface area contributed by atoms with Gasteiger partial charge in [-0.05, 0) is 24.6 Å². The first-order valence-corrected chi connectivity index (χ1v) is 5.87.